The van der Waals surface area contributed by atoms with Crippen LogP contribution in [0.5, 0.6) is 0 Å². The second kappa shape index (κ2) is 6.79. The number of carbonyl (C=O) groups excluding carboxylic acids is 1. The summed E-state index contributed by atoms with van der Waals surface area (Å²) in [6, 6.07) is 7.78. The predicted octanol–water partition coefficient (Wildman–Crippen LogP) is 2.90. The number of amides is 1. The standard InChI is InChI=1S/C20H24N6O/c27-20(18-15-6-3-4-7-16(15)21-23-18)25-12-9-14(10-13-25)19-24-22-17-8-2-1-5-11-26(17)19/h3-4,6-7,14H,1-2,5,8-13H2,(H,21,23). The number of benzene rings is 1. The highest BCUT2D eigenvalue weighted by Gasteiger charge is 2.30. The average Bonchev–Trinajstić information content (AvgIpc) is 3.25. The van der Waals surface area contributed by atoms with E-state index in [1.165, 1.54) is 19.3 Å². The van der Waals surface area contributed by atoms with Gasteiger partial charge in [0.1, 0.15) is 11.6 Å². The number of aromatic nitrogens is 5. The zero-order valence-corrected chi connectivity index (χ0v) is 15.4. The molecule has 4 heterocycles. The first kappa shape index (κ1) is 16.5. The summed E-state index contributed by atoms with van der Waals surface area (Å²) < 4.78 is 2.34. The number of H-pyrrole nitrogens is 1. The summed E-state index contributed by atoms with van der Waals surface area (Å²) in [6.45, 7) is 2.52. The van der Waals surface area contributed by atoms with Crippen molar-refractivity contribution in [2.24, 2.45) is 0 Å². The van der Waals surface area contributed by atoms with E-state index in [0.717, 1.165) is 61.4 Å². The van der Waals surface area contributed by atoms with Crippen molar-refractivity contribution in [1.29, 1.82) is 0 Å². The van der Waals surface area contributed by atoms with Crippen LogP contribution in [0.3, 0.4) is 0 Å². The van der Waals surface area contributed by atoms with Crippen LogP contribution in [0.2, 0.25) is 0 Å². The zero-order valence-electron chi connectivity index (χ0n) is 15.4. The van der Waals surface area contributed by atoms with Gasteiger partial charge in [0.15, 0.2) is 5.69 Å². The molecule has 140 valence electrons. The number of nitrogens with one attached hydrogen (secondary N) is 1. The number of carbonyl (C=O) groups is 1. The first-order chi connectivity index (χ1) is 13.3. The molecule has 3 aromatic rings. The Hall–Kier alpha value is -2.70. The lowest BCUT2D eigenvalue weighted by molar-refractivity contribution is 0.0706. The lowest BCUT2D eigenvalue weighted by Crippen LogP contribution is -2.38. The number of para-hydroxylation sites is 1. The molecule has 0 atom stereocenters. The van der Waals surface area contributed by atoms with Gasteiger partial charge in [-0.15, -0.1) is 10.2 Å². The van der Waals surface area contributed by atoms with Crippen molar-refractivity contribution in [3.8, 4) is 0 Å². The minimum Gasteiger partial charge on any atom is -0.337 e. The summed E-state index contributed by atoms with van der Waals surface area (Å²) in [6.07, 6.45) is 6.60. The van der Waals surface area contributed by atoms with Crippen LogP contribution in [0.15, 0.2) is 24.3 Å². The Bertz CT molecular complexity index is 966. The molecule has 1 fully saturated rings. The molecule has 7 nitrogen and oxygen atoms in total. The third kappa shape index (κ3) is 2.91. The number of rotatable bonds is 2. The van der Waals surface area contributed by atoms with Crippen LogP contribution in [0, 0.1) is 0 Å². The maximum atomic E-state index is 13.0. The molecule has 2 aliphatic heterocycles. The summed E-state index contributed by atoms with van der Waals surface area (Å²) in [5.41, 5.74) is 1.43. The quantitative estimate of drug-likeness (QED) is 0.758. The number of fused-ring (bicyclic) bond motifs is 2. The van der Waals surface area contributed by atoms with E-state index in [4.69, 9.17) is 0 Å². The maximum Gasteiger partial charge on any atom is 0.274 e. The van der Waals surface area contributed by atoms with Crippen LogP contribution in [-0.2, 0) is 13.0 Å². The molecule has 5 rings (SSSR count). The van der Waals surface area contributed by atoms with E-state index < -0.39 is 0 Å². The predicted molar refractivity (Wildman–Crippen MR) is 102 cm³/mol. The van der Waals surface area contributed by atoms with Crippen LogP contribution in [0.25, 0.3) is 10.9 Å². The third-order valence-electron chi connectivity index (χ3n) is 5.96. The molecular formula is C20H24N6O. The number of hydrogen-bond donors (Lipinski definition) is 1. The lowest BCUT2D eigenvalue weighted by Gasteiger charge is -2.31. The largest absolute Gasteiger partial charge is 0.337 e. The minimum atomic E-state index is 0.0194. The molecule has 2 aromatic heterocycles. The van der Waals surface area contributed by atoms with E-state index in [9.17, 15) is 4.79 Å². The Balaban J connectivity index is 1.30. The average molecular weight is 364 g/mol. The number of hydrogen-bond acceptors (Lipinski definition) is 4. The van der Waals surface area contributed by atoms with Crippen molar-refractivity contribution in [1.82, 2.24) is 29.9 Å². The first-order valence-electron chi connectivity index (χ1n) is 9.95. The van der Waals surface area contributed by atoms with E-state index in [2.05, 4.69) is 25.0 Å². The molecule has 0 spiro atoms. The fourth-order valence-corrected chi connectivity index (χ4v) is 4.43. The highest BCUT2D eigenvalue weighted by molar-refractivity contribution is 6.04. The van der Waals surface area contributed by atoms with Gasteiger partial charge in [-0.05, 0) is 31.7 Å². The second-order valence-electron chi connectivity index (χ2n) is 7.62. The Kier molecular flexibility index (Phi) is 4.14. The third-order valence-corrected chi connectivity index (χ3v) is 5.96. The fraction of sp³-hybridized carbons (Fsp3) is 0.500. The first-order valence-corrected chi connectivity index (χ1v) is 9.95. The number of likely N-dealkylation sites (tertiary alicyclic amines) is 1. The second-order valence-corrected chi connectivity index (χ2v) is 7.62. The molecule has 0 radical (unpaired) electrons. The molecule has 1 amide bonds. The van der Waals surface area contributed by atoms with Crippen LogP contribution in [-0.4, -0.2) is 48.9 Å². The maximum absolute atomic E-state index is 13.0. The summed E-state index contributed by atoms with van der Waals surface area (Å²) in [4.78, 5) is 14.9. The SMILES string of the molecule is O=C(c1n[nH]c2ccccc12)N1CCC(c2nnc3n2CCCCC3)CC1. The summed E-state index contributed by atoms with van der Waals surface area (Å²) in [5.74, 6) is 2.68. The fourth-order valence-electron chi connectivity index (χ4n) is 4.43. The van der Waals surface area contributed by atoms with E-state index in [1.807, 2.05) is 29.2 Å². The minimum absolute atomic E-state index is 0.0194. The van der Waals surface area contributed by atoms with E-state index in [0.29, 0.717) is 11.6 Å². The molecule has 27 heavy (non-hydrogen) atoms. The molecule has 7 heteroatoms. The van der Waals surface area contributed by atoms with Crippen LogP contribution < -0.4 is 0 Å². The van der Waals surface area contributed by atoms with Gasteiger partial charge in [-0.3, -0.25) is 9.89 Å². The van der Waals surface area contributed by atoms with Crippen molar-refractivity contribution in [3.63, 3.8) is 0 Å². The Morgan fingerprint density at radius 2 is 1.89 bits per heavy atom. The van der Waals surface area contributed by atoms with Gasteiger partial charge in [0.25, 0.3) is 5.91 Å². The number of nitrogens with zero attached hydrogens (tertiary/aromatic N) is 5. The van der Waals surface area contributed by atoms with Gasteiger partial charge in [0, 0.05) is 37.4 Å². The number of aromatic amines is 1. The zero-order chi connectivity index (χ0) is 18.2. The monoisotopic (exact) mass is 364 g/mol. The highest BCUT2D eigenvalue weighted by Crippen LogP contribution is 2.30. The molecule has 1 saturated heterocycles. The summed E-state index contributed by atoms with van der Waals surface area (Å²) in [7, 11) is 0. The summed E-state index contributed by atoms with van der Waals surface area (Å²) >= 11 is 0. The van der Waals surface area contributed by atoms with Crippen LogP contribution >= 0.6 is 0 Å². The van der Waals surface area contributed by atoms with Crippen molar-refractivity contribution < 1.29 is 4.79 Å². The van der Waals surface area contributed by atoms with Crippen molar-refractivity contribution in [2.45, 2.75) is 51.0 Å². The van der Waals surface area contributed by atoms with Crippen LogP contribution in [0.1, 0.15) is 60.2 Å². The molecule has 0 aliphatic carbocycles. The van der Waals surface area contributed by atoms with Gasteiger partial charge in [0.2, 0.25) is 0 Å². The molecular weight excluding hydrogens is 340 g/mol. The normalized spacial score (nSPS) is 18.4. The van der Waals surface area contributed by atoms with Gasteiger partial charge >= 0.3 is 0 Å². The van der Waals surface area contributed by atoms with Gasteiger partial charge in [-0.1, -0.05) is 24.6 Å². The molecule has 1 aromatic carbocycles. The Labute approximate surface area is 157 Å². The van der Waals surface area contributed by atoms with Crippen LogP contribution in [0.4, 0.5) is 0 Å². The van der Waals surface area contributed by atoms with Gasteiger partial charge in [-0.2, -0.15) is 5.10 Å². The van der Waals surface area contributed by atoms with E-state index in [1.54, 1.807) is 0 Å². The highest BCUT2D eigenvalue weighted by atomic mass is 16.2. The van der Waals surface area contributed by atoms with Crippen molar-refractivity contribution in [2.75, 3.05) is 13.1 Å². The van der Waals surface area contributed by atoms with E-state index >= 15 is 0 Å². The topological polar surface area (TPSA) is 79.7 Å². The van der Waals surface area contributed by atoms with Gasteiger partial charge in [-0.25, -0.2) is 0 Å². The smallest absolute Gasteiger partial charge is 0.274 e. The molecule has 2 aliphatic rings. The Morgan fingerprint density at radius 1 is 1.04 bits per heavy atom. The van der Waals surface area contributed by atoms with Crippen molar-refractivity contribution in [3.05, 3.63) is 41.6 Å². The molecule has 0 saturated carbocycles. The van der Waals surface area contributed by atoms with E-state index in [-0.39, 0.29) is 5.91 Å². The molecule has 0 unspecified atom stereocenters. The van der Waals surface area contributed by atoms with Gasteiger partial charge in [0.05, 0.1) is 5.52 Å². The van der Waals surface area contributed by atoms with Gasteiger partial charge < -0.3 is 9.47 Å². The number of aryl methyl sites for hydroxylation is 1. The number of piperidine rings is 1. The lowest BCUT2D eigenvalue weighted by atomic mass is 9.95. The molecule has 1 N–H and O–H groups in total. The van der Waals surface area contributed by atoms with Crippen molar-refractivity contribution >= 4 is 16.8 Å². The Morgan fingerprint density at radius 3 is 2.78 bits per heavy atom. The molecule has 0 bridgehead atoms. The summed E-state index contributed by atoms with van der Waals surface area (Å²) in [5, 5.41) is 17.1.